The van der Waals surface area contributed by atoms with Crippen LogP contribution in [-0.2, 0) is 5.88 Å². The summed E-state index contributed by atoms with van der Waals surface area (Å²) in [5, 5.41) is 0. The van der Waals surface area contributed by atoms with Crippen molar-refractivity contribution in [1.82, 2.24) is 4.98 Å². The van der Waals surface area contributed by atoms with Gasteiger partial charge in [-0.1, -0.05) is 0 Å². The van der Waals surface area contributed by atoms with Crippen LogP contribution in [0.5, 0.6) is 0 Å². The van der Waals surface area contributed by atoms with Gasteiger partial charge in [0.05, 0.1) is 4.47 Å². The molecule has 1 aromatic rings. The van der Waals surface area contributed by atoms with E-state index in [9.17, 15) is 13.2 Å². The highest BCUT2D eigenvalue weighted by atomic mass is 79.9. The minimum absolute atomic E-state index is 0.0342. The van der Waals surface area contributed by atoms with Gasteiger partial charge in [0.25, 0.3) is 6.43 Å². The average molecular weight is 274 g/mol. The summed E-state index contributed by atoms with van der Waals surface area (Å²) in [7, 11) is 0. The topological polar surface area (TPSA) is 12.9 Å². The third-order valence-corrected chi connectivity index (χ3v) is 2.50. The molecule has 0 unspecified atom stereocenters. The minimum Gasteiger partial charge on any atom is -0.218 e. The van der Waals surface area contributed by atoms with Gasteiger partial charge in [-0.25, -0.2) is 13.8 Å². The highest BCUT2D eigenvalue weighted by molar-refractivity contribution is 9.10. The minimum atomic E-state index is -2.79. The Kier molecular flexibility index (Phi) is 3.55. The third-order valence-electron chi connectivity index (χ3n) is 1.38. The summed E-state index contributed by atoms with van der Waals surface area (Å²) < 4.78 is 37.1. The first kappa shape index (κ1) is 10.8. The van der Waals surface area contributed by atoms with Crippen molar-refractivity contribution in [3.63, 3.8) is 0 Å². The SMILES string of the molecule is Fc1nc(C(F)F)cc(CCl)c1Br. The summed E-state index contributed by atoms with van der Waals surface area (Å²) in [6, 6.07) is 1.07. The van der Waals surface area contributed by atoms with E-state index in [0.717, 1.165) is 6.07 Å². The summed E-state index contributed by atoms with van der Waals surface area (Å²) in [4.78, 5) is 3.06. The Morgan fingerprint density at radius 3 is 2.62 bits per heavy atom. The first-order chi connectivity index (χ1) is 6.06. The Balaban J connectivity index is 3.22. The molecule has 1 aromatic heterocycles. The fourth-order valence-electron chi connectivity index (χ4n) is 0.778. The van der Waals surface area contributed by atoms with Crippen molar-refractivity contribution in [2.45, 2.75) is 12.3 Å². The van der Waals surface area contributed by atoms with Crippen LogP contribution in [-0.4, -0.2) is 4.98 Å². The van der Waals surface area contributed by atoms with E-state index < -0.39 is 18.1 Å². The zero-order valence-corrected chi connectivity index (χ0v) is 8.54. The van der Waals surface area contributed by atoms with Gasteiger partial charge in [-0.3, -0.25) is 0 Å². The molecule has 0 aliphatic heterocycles. The molecule has 0 atom stereocenters. The van der Waals surface area contributed by atoms with Crippen LogP contribution in [0.4, 0.5) is 13.2 Å². The zero-order chi connectivity index (χ0) is 10.0. The molecule has 0 aliphatic carbocycles. The van der Waals surface area contributed by atoms with Crippen LogP contribution in [0, 0.1) is 5.95 Å². The number of nitrogens with zero attached hydrogens (tertiary/aromatic N) is 1. The van der Waals surface area contributed by atoms with Gasteiger partial charge in [0.1, 0.15) is 5.69 Å². The Hall–Kier alpha value is -0.290. The van der Waals surface area contributed by atoms with Gasteiger partial charge in [0.15, 0.2) is 0 Å². The number of aromatic nitrogens is 1. The summed E-state index contributed by atoms with van der Waals surface area (Å²) in [5.41, 5.74) is -0.333. The van der Waals surface area contributed by atoms with Gasteiger partial charge < -0.3 is 0 Å². The van der Waals surface area contributed by atoms with Crippen molar-refractivity contribution in [3.8, 4) is 0 Å². The van der Waals surface area contributed by atoms with Crippen molar-refractivity contribution >= 4 is 27.5 Å². The van der Waals surface area contributed by atoms with Gasteiger partial charge >= 0.3 is 0 Å². The molecule has 72 valence electrons. The first-order valence-corrected chi connectivity index (χ1v) is 4.58. The summed E-state index contributed by atoms with van der Waals surface area (Å²) >= 11 is 8.27. The van der Waals surface area contributed by atoms with Gasteiger partial charge in [-0.2, -0.15) is 4.39 Å². The highest BCUT2D eigenvalue weighted by Gasteiger charge is 2.15. The standard InChI is InChI=1S/C7H4BrClF3N/c8-5-3(2-9)1-4(6(10)11)13-7(5)12/h1,6H,2H2. The molecule has 0 aliphatic rings. The molecule has 0 amide bonds. The van der Waals surface area contributed by atoms with Crippen molar-refractivity contribution in [2.24, 2.45) is 0 Å². The second-order valence-electron chi connectivity index (χ2n) is 2.25. The molecular formula is C7H4BrClF3N. The maximum absolute atomic E-state index is 12.8. The van der Waals surface area contributed by atoms with E-state index in [1.54, 1.807) is 0 Å². The number of halogens is 5. The predicted molar refractivity (Wildman–Crippen MR) is 46.4 cm³/mol. The van der Waals surface area contributed by atoms with Crippen molar-refractivity contribution in [2.75, 3.05) is 0 Å². The van der Waals surface area contributed by atoms with E-state index in [4.69, 9.17) is 11.6 Å². The number of alkyl halides is 3. The quantitative estimate of drug-likeness (QED) is 0.592. The number of rotatable bonds is 2. The number of hydrogen-bond donors (Lipinski definition) is 0. The normalized spacial score (nSPS) is 10.9. The molecular weight excluding hydrogens is 270 g/mol. The van der Waals surface area contributed by atoms with Crippen LogP contribution < -0.4 is 0 Å². The third kappa shape index (κ3) is 2.34. The molecule has 6 heteroatoms. The van der Waals surface area contributed by atoms with E-state index in [1.165, 1.54) is 0 Å². The Morgan fingerprint density at radius 1 is 1.54 bits per heavy atom. The molecule has 1 nitrogen and oxygen atoms in total. The molecule has 0 saturated carbocycles. The molecule has 13 heavy (non-hydrogen) atoms. The van der Waals surface area contributed by atoms with Gasteiger partial charge in [0, 0.05) is 5.88 Å². The van der Waals surface area contributed by atoms with Crippen LogP contribution in [0.1, 0.15) is 17.7 Å². The lowest BCUT2D eigenvalue weighted by atomic mass is 10.2. The second kappa shape index (κ2) is 4.28. The number of pyridine rings is 1. The lowest BCUT2D eigenvalue weighted by molar-refractivity contribution is 0.144. The average Bonchev–Trinajstić information content (AvgIpc) is 2.09. The highest BCUT2D eigenvalue weighted by Crippen LogP contribution is 2.26. The van der Waals surface area contributed by atoms with Crippen LogP contribution in [0.2, 0.25) is 0 Å². The van der Waals surface area contributed by atoms with Crippen LogP contribution in [0.15, 0.2) is 10.5 Å². The molecule has 1 rings (SSSR count). The summed E-state index contributed by atoms with van der Waals surface area (Å²) in [6.45, 7) is 0. The predicted octanol–water partition coefficient (Wildman–Crippen LogP) is 3.66. The van der Waals surface area contributed by atoms with E-state index in [2.05, 4.69) is 20.9 Å². The van der Waals surface area contributed by atoms with E-state index in [1.807, 2.05) is 0 Å². The van der Waals surface area contributed by atoms with Crippen LogP contribution in [0.25, 0.3) is 0 Å². The molecule has 0 bridgehead atoms. The lowest BCUT2D eigenvalue weighted by Gasteiger charge is -2.04. The monoisotopic (exact) mass is 273 g/mol. The first-order valence-electron chi connectivity index (χ1n) is 3.25. The molecule has 0 fully saturated rings. The maximum Gasteiger partial charge on any atom is 0.280 e. The Bertz CT molecular complexity index is 319. The van der Waals surface area contributed by atoms with Crippen LogP contribution in [0.3, 0.4) is 0 Å². The fourth-order valence-corrected chi connectivity index (χ4v) is 1.49. The largest absolute Gasteiger partial charge is 0.280 e. The maximum atomic E-state index is 12.8. The van der Waals surface area contributed by atoms with E-state index in [-0.39, 0.29) is 15.9 Å². The molecule has 0 saturated heterocycles. The van der Waals surface area contributed by atoms with Crippen LogP contribution >= 0.6 is 27.5 Å². The number of hydrogen-bond acceptors (Lipinski definition) is 1. The zero-order valence-electron chi connectivity index (χ0n) is 6.20. The molecule has 0 N–H and O–H groups in total. The van der Waals surface area contributed by atoms with Gasteiger partial charge in [0.2, 0.25) is 5.95 Å². The van der Waals surface area contributed by atoms with Gasteiger partial charge in [-0.15, -0.1) is 11.6 Å². The van der Waals surface area contributed by atoms with Gasteiger partial charge in [-0.05, 0) is 27.6 Å². The summed E-state index contributed by atoms with van der Waals surface area (Å²) in [5.74, 6) is -1.01. The van der Waals surface area contributed by atoms with Crippen molar-refractivity contribution in [3.05, 3.63) is 27.7 Å². The van der Waals surface area contributed by atoms with E-state index >= 15 is 0 Å². The molecule has 0 radical (unpaired) electrons. The Labute approximate surface area is 86.0 Å². The van der Waals surface area contributed by atoms with Crippen molar-refractivity contribution in [1.29, 1.82) is 0 Å². The van der Waals surface area contributed by atoms with E-state index in [0.29, 0.717) is 0 Å². The second-order valence-corrected chi connectivity index (χ2v) is 3.31. The molecule has 1 heterocycles. The molecule has 0 spiro atoms. The lowest BCUT2D eigenvalue weighted by Crippen LogP contribution is -1.98. The smallest absolute Gasteiger partial charge is 0.218 e. The van der Waals surface area contributed by atoms with Crippen molar-refractivity contribution < 1.29 is 13.2 Å². The summed E-state index contributed by atoms with van der Waals surface area (Å²) in [6.07, 6.45) is -2.79. The molecule has 0 aromatic carbocycles. The fraction of sp³-hybridized carbons (Fsp3) is 0.286. The Morgan fingerprint density at radius 2 is 2.15 bits per heavy atom.